The summed E-state index contributed by atoms with van der Waals surface area (Å²) < 4.78 is 24.9. The summed E-state index contributed by atoms with van der Waals surface area (Å²) in [6.07, 6.45) is -0.161. The maximum atomic E-state index is 12.4. The number of carbonyl (C=O) groups is 1. The molecule has 4 nitrogen and oxygen atoms in total. The molecule has 2 aromatic rings. The van der Waals surface area contributed by atoms with Gasteiger partial charge in [0.15, 0.2) is 5.13 Å². The molecule has 106 valence electrons. The van der Waals surface area contributed by atoms with Crippen molar-refractivity contribution in [3.63, 3.8) is 0 Å². The number of benzene rings is 1. The zero-order valence-electron chi connectivity index (χ0n) is 10.0. The zero-order valence-corrected chi connectivity index (χ0v) is 11.7. The van der Waals surface area contributed by atoms with E-state index in [9.17, 15) is 13.6 Å². The van der Waals surface area contributed by atoms with E-state index < -0.39 is 11.7 Å². The number of aliphatic carboxylic acids is 1. The van der Waals surface area contributed by atoms with Crippen molar-refractivity contribution in [2.24, 2.45) is 0 Å². The molecule has 1 heterocycles. The summed E-state index contributed by atoms with van der Waals surface area (Å²) in [7, 11) is 0. The average molecular weight is 316 g/mol. The van der Waals surface area contributed by atoms with Gasteiger partial charge in [-0.2, -0.15) is 8.78 Å². The minimum absolute atomic E-state index is 0.161. The lowest BCUT2D eigenvalue weighted by Gasteiger charge is -2.08. The molecule has 0 aliphatic rings. The van der Waals surface area contributed by atoms with Crippen LogP contribution in [-0.4, -0.2) is 21.8 Å². The van der Waals surface area contributed by atoms with E-state index in [4.69, 9.17) is 5.11 Å². The number of carboxylic acid groups (broad SMARTS) is 1. The predicted octanol–water partition coefficient (Wildman–Crippen LogP) is 3.83. The van der Waals surface area contributed by atoms with E-state index in [1.807, 2.05) is 0 Å². The van der Waals surface area contributed by atoms with Gasteiger partial charge in [-0.1, -0.05) is 23.9 Å². The summed E-state index contributed by atoms with van der Waals surface area (Å²) >= 11 is 1.68. The van der Waals surface area contributed by atoms with Gasteiger partial charge in [-0.25, -0.2) is 4.98 Å². The van der Waals surface area contributed by atoms with Crippen molar-refractivity contribution in [1.82, 2.24) is 4.98 Å². The number of para-hydroxylation sites is 1. The third-order valence-electron chi connectivity index (χ3n) is 2.23. The molecule has 0 amide bonds. The Bertz CT molecular complexity index is 605. The Morgan fingerprint density at radius 3 is 2.90 bits per heavy atom. The molecule has 8 heteroatoms. The molecule has 0 aliphatic heterocycles. The highest BCUT2D eigenvalue weighted by Crippen LogP contribution is 2.33. The predicted molar refractivity (Wildman–Crippen MR) is 75.0 cm³/mol. The fourth-order valence-electron chi connectivity index (χ4n) is 1.48. The van der Waals surface area contributed by atoms with Crippen LogP contribution in [0.5, 0.6) is 0 Å². The monoisotopic (exact) mass is 316 g/mol. The Balaban J connectivity index is 2.13. The first kappa shape index (κ1) is 14.7. The van der Waals surface area contributed by atoms with Gasteiger partial charge in [0.2, 0.25) is 0 Å². The van der Waals surface area contributed by atoms with Gasteiger partial charge in [0.1, 0.15) is 0 Å². The maximum absolute atomic E-state index is 12.4. The minimum atomic E-state index is -2.50. The SMILES string of the molecule is O=C(O)Cc1csc(Nc2ccccc2SC(F)F)n1. The third-order valence-corrected chi connectivity index (χ3v) is 3.82. The van der Waals surface area contributed by atoms with Crippen LogP contribution in [0.1, 0.15) is 5.69 Å². The first-order valence-electron chi connectivity index (χ1n) is 5.51. The molecular formula is C12H10F2N2O2S2. The number of rotatable bonds is 6. The standard InChI is InChI=1S/C12H10F2N2O2S2/c13-11(14)20-9-4-2-1-3-8(9)16-12-15-7(6-19-12)5-10(17)18/h1-4,6,11H,5H2,(H,15,16)(H,17,18). The number of aromatic nitrogens is 1. The van der Waals surface area contributed by atoms with Crippen molar-refractivity contribution in [3.05, 3.63) is 35.3 Å². The van der Waals surface area contributed by atoms with Gasteiger partial charge in [-0.3, -0.25) is 4.79 Å². The van der Waals surface area contributed by atoms with Crippen molar-refractivity contribution >= 4 is 39.9 Å². The second-order valence-corrected chi connectivity index (χ2v) is 5.60. The van der Waals surface area contributed by atoms with Crippen LogP contribution in [0.2, 0.25) is 0 Å². The first-order chi connectivity index (χ1) is 9.54. The Labute approximate surface area is 121 Å². The second kappa shape index (κ2) is 6.67. The van der Waals surface area contributed by atoms with Gasteiger partial charge in [0.05, 0.1) is 17.8 Å². The molecule has 2 N–H and O–H groups in total. The molecule has 1 aromatic carbocycles. The smallest absolute Gasteiger partial charge is 0.309 e. The van der Waals surface area contributed by atoms with Crippen molar-refractivity contribution in [2.45, 2.75) is 17.1 Å². The molecule has 1 aromatic heterocycles. The lowest BCUT2D eigenvalue weighted by Crippen LogP contribution is -2.00. The zero-order chi connectivity index (χ0) is 14.5. The van der Waals surface area contributed by atoms with Gasteiger partial charge >= 0.3 is 5.97 Å². The fraction of sp³-hybridized carbons (Fsp3) is 0.167. The van der Waals surface area contributed by atoms with Crippen LogP contribution in [0, 0.1) is 0 Å². The molecule has 0 radical (unpaired) electrons. The van der Waals surface area contributed by atoms with Crippen molar-refractivity contribution < 1.29 is 18.7 Å². The van der Waals surface area contributed by atoms with Crippen LogP contribution in [0.4, 0.5) is 19.6 Å². The maximum Gasteiger partial charge on any atom is 0.309 e. The molecule has 0 saturated heterocycles. The van der Waals surface area contributed by atoms with Crippen LogP contribution in [-0.2, 0) is 11.2 Å². The van der Waals surface area contributed by atoms with Crippen LogP contribution < -0.4 is 5.32 Å². The molecule has 0 atom stereocenters. The van der Waals surface area contributed by atoms with Gasteiger partial charge in [-0.15, -0.1) is 11.3 Å². The quantitative estimate of drug-likeness (QED) is 0.793. The topological polar surface area (TPSA) is 62.2 Å². The van der Waals surface area contributed by atoms with Gasteiger partial charge < -0.3 is 10.4 Å². The molecule has 0 spiro atoms. The van der Waals surface area contributed by atoms with Crippen molar-refractivity contribution in [1.29, 1.82) is 0 Å². The molecular weight excluding hydrogens is 306 g/mol. The Hall–Kier alpha value is -1.67. The number of thiazole rings is 1. The first-order valence-corrected chi connectivity index (χ1v) is 7.27. The summed E-state index contributed by atoms with van der Waals surface area (Å²) in [5.74, 6) is -3.47. The van der Waals surface area contributed by atoms with Crippen molar-refractivity contribution in [2.75, 3.05) is 5.32 Å². The summed E-state index contributed by atoms with van der Waals surface area (Å²) in [6.45, 7) is 0. The number of anilines is 2. The minimum Gasteiger partial charge on any atom is -0.481 e. The van der Waals surface area contributed by atoms with E-state index in [1.165, 1.54) is 11.3 Å². The molecule has 20 heavy (non-hydrogen) atoms. The number of hydrogen-bond acceptors (Lipinski definition) is 5. The van der Waals surface area contributed by atoms with Gasteiger partial charge in [0, 0.05) is 10.3 Å². The number of thioether (sulfide) groups is 1. The normalized spacial score (nSPS) is 10.8. The van der Waals surface area contributed by atoms with Crippen LogP contribution >= 0.6 is 23.1 Å². The number of carboxylic acids is 1. The van der Waals surface area contributed by atoms with E-state index in [0.29, 0.717) is 33.2 Å². The Morgan fingerprint density at radius 2 is 2.20 bits per heavy atom. The molecule has 0 saturated carbocycles. The van der Waals surface area contributed by atoms with E-state index >= 15 is 0 Å². The van der Waals surface area contributed by atoms with Crippen LogP contribution in [0.3, 0.4) is 0 Å². The Kier molecular flexibility index (Phi) is 4.91. The van der Waals surface area contributed by atoms with Crippen LogP contribution in [0.15, 0.2) is 34.5 Å². The number of nitrogens with one attached hydrogen (secondary N) is 1. The summed E-state index contributed by atoms with van der Waals surface area (Å²) in [4.78, 5) is 15.1. The number of alkyl halides is 2. The van der Waals surface area contributed by atoms with Crippen LogP contribution in [0.25, 0.3) is 0 Å². The third kappa shape index (κ3) is 4.17. The van der Waals surface area contributed by atoms with E-state index in [0.717, 1.165) is 0 Å². The lowest BCUT2D eigenvalue weighted by atomic mass is 10.3. The Morgan fingerprint density at radius 1 is 1.45 bits per heavy atom. The number of nitrogens with zero attached hydrogens (tertiary/aromatic N) is 1. The molecule has 0 fully saturated rings. The van der Waals surface area contributed by atoms with Gasteiger partial charge in [-0.05, 0) is 12.1 Å². The lowest BCUT2D eigenvalue weighted by molar-refractivity contribution is -0.136. The highest BCUT2D eigenvalue weighted by atomic mass is 32.2. The number of hydrogen-bond donors (Lipinski definition) is 2. The van der Waals surface area contributed by atoms with E-state index in [1.54, 1.807) is 29.6 Å². The highest BCUT2D eigenvalue weighted by Gasteiger charge is 2.11. The second-order valence-electron chi connectivity index (χ2n) is 3.71. The summed E-state index contributed by atoms with van der Waals surface area (Å²) in [5, 5.41) is 13.7. The number of halogens is 2. The summed E-state index contributed by atoms with van der Waals surface area (Å²) in [5.41, 5.74) is 0.956. The molecule has 0 aliphatic carbocycles. The fourth-order valence-corrected chi connectivity index (χ4v) is 2.80. The average Bonchev–Trinajstić information content (AvgIpc) is 2.77. The van der Waals surface area contributed by atoms with Crippen molar-refractivity contribution in [3.8, 4) is 0 Å². The largest absolute Gasteiger partial charge is 0.481 e. The highest BCUT2D eigenvalue weighted by molar-refractivity contribution is 7.99. The molecule has 0 unspecified atom stereocenters. The van der Waals surface area contributed by atoms with E-state index in [-0.39, 0.29) is 6.42 Å². The summed E-state index contributed by atoms with van der Waals surface area (Å²) in [6, 6.07) is 6.66. The molecule has 2 rings (SSSR count). The molecule has 0 bridgehead atoms. The van der Waals surface area contributed by atoms with E-state index in [2.05, 4.69) is 10.3 Å². The van der Waals surface area contributed by atoms with Gasteiger partial charge in [0.25, 0.3) is 5.76 Å².